The molecule has 1 aromatic heterocycles. The zero-order valence-electron chi connectivity index (χ0n) is 10.3. The van der Waals surface area contributed by atoms with Crippen molar-refractivity contribution in [3.8, 4) is 6.07 Å². The molecule has 5 nitrogen and oxygen atoms in total. The van der Waals surface area contributed by atoms with Crippen LogP contribution in [-0.4, -0.2) is 16.1 Å². The van der Waals surface area contributed by atoms with Gasteiger partial charge in [0.2, 0.25) is 11.0 Å². The minimum absolute atomic E-state index is 0.288. The highest BCUT2D eigenvalue weighted by Gasteiger charge is 2.35. The van der Waals surface area contributed by atoms with Crippen LogP contribution in [0.15, 0.2) is 0 Å². The molecule has 0 aliphatic rings. The van der Waals surface area contributed by atoms with Gasteiger partial charge in [-0.1, -0.05) is 32.1 Å². The van der Waals surface area contributed by atoms with Crippen LogP contribution < -0.4 is 5.32 Å². The second-order valence-electron chi connectivity index (χ2n) is 3.71. The minimum atomic E-state index is -0.960. The third kappa shape index (κ3) is 2.80. The van der Waals surface area contributed by atoms with E-state index in [0.717, 1.165) is 11.4 Å². The number of nitrogens with zero attached hydrogens (tertiary/aromatic N) is 3. The summed E-state index contributed by atoms with van der Waals surface area (Å²) in [5.41, 5.74) is -0.960. The molecule has 0 radical (unpaired) electrons. The van der Waals surface area contributed by atoms with E-state index in [1.54, 1.807) is 0 Å². The Morgan fingerprint density at radius 2 is 2.06 bits per heavy atom. The quantitative estimate of drug-likeness (QED) is 0.872. The maximum absolute atomic E-state index is 12.0. The van der Waals surface area contributed by atoms with Crippen LogP contribution in [0, 0.1) is 16.7 Å². The Bertz CT molecular complexity index is 431. The highest BCUT2D eigenvalue weighted by Crippen LogP contribution is 2.28. The first-order valence-corrected chi connectivity index (χ1v) is 6.48. The van der Waals surface area contributed by atoms with E-state index in [-0.39, 0.29) is 5.91 Å². The summed E-state index contributed by atoms with van der Waals surface area (Å²) in [7, 11) is 0. The highest BCUT2D eigenvalue weighted by atomic mass is 32.1. The van der Waals surface area contributed by atoms with Crippen LogP contribution in [0.25, 0.3) is 0 Å². The van der Waals surface area contributed by atoms with Gasteiger partial charge in [0.1, 0.15) is 10.4 Å². The van der Waals surface area contributed by atoms with Gasteiger partial charge in [-0.3, -0.25) is 10.1 Å². The number of anilines is 1. The topological polar surface area (TPSA) is 78.7 Å². The molecule has 1 aromatic rings. The number of carbonyl (C=O) groups excluding carboxylic acids is 1. The number of nitrogens with one attached hydrogen (secondary N) is 1. The van der Waals surface area contributed by atoms with Crippen LogP contribution in [0.5, 0.6) is 0 Å². The zero-order chi connectivity index (χ0) is 12.9. The number of hydrogen-bond acceptors (Lipinski definition) is 5. The molecular weight excluding hydrogens is 236 g/mol. The lowest BCUT2D eigenvalue weighted by Gasteiger charge is -2.20. The van der Waals surface area contributed by atoms with Crippen LogP contribution >= 0.6 is 11.3 Å². The Hall–Kier alpha value is -1.48. The summed E-state index contributed by atoms with van der Waals surface area (Å²) in [6, 6.07) is 2.10. The van der Waals surface area contributed by atoms with Crippen molar-refractivity contribution in [1.82, 2.24) is 10.2 Å². The molecule has 0 aliphatic heterocycles. The molecule has 0 atom stereocenters. The smallest absolute Gasteiger partial charge is 0.246 e. The molecule has 1 heterocycles. The van der Waals surface area contributed by atoms with E-state index < -0.39 is 5.41 Å². The third-order valence-electron chi connectivity index (χ3n) is 2.85. The molecular formula is C11H16N4OS. The SMILES string of the molecule is CCc1nnc(NC(=O)C(C#N)(CC)CC)s1. The van der Waals surface area contributed by atoms with E-state index in [0.29, 0.717) is 18.0 Å². The number of aryl methyl sites for hydroxylation is 1. The average molecular weight is 252 g/mol. The van der Waals surface area contributed by atoms with Crippen LogP contribution in [0.1, 0.15) is 38.6 Å². The normalized spacial score (nSPS) is 10.9. The highest BCUT2D eigenvalue weighted by molar-refractivity contribution is 7.15. The Kier molecular flexibility index (Phi) is 4.58. The summed E-state index contributed by atoms with van der Waals surface area (Å²) < 4.78 is 0. The summed E-state index contributed by atoms with van der Waals surface area (Å²) in [4.78, 5) is 12.0. The lowest BCUT2D eigenvalue weighted by molar-refractivity contribution is -0.123. The number of rotatable bonds is 5. The van der Waals surface area contributed by atoms with Crippen LogP contribution in [-0.2, 0) is 11.2 Å². The van der Waals surface area contributed by atoms with Gasteiger partial charge >= 0.3 is 0 Å². The first kappa shape index (κ1) is 13.6. The van der Waals surface area contributed by atoms with Crippen LogP contribution in [0.3, 0.4) is 0 Å². The predicted molar refractivity (Wildman–Crippen MR) is 66.5 cm³/mol. The molecule has 0 aromatic carbocycles. The number of aromatic nitrogens is 2. The first-order valence-electron chi connectivity index (χ1n) is 5.67. The summed E-state index contributed by atoms with van der Waals surface area (Å²) in [5, 5.41) is 20.9. The Balaban J connectivity index is 2.81. The standard InChI is InChI=1S/C11H16N4OS/c1-4-8-14-15-10(17-8)13-9(16)11(5-2,6-3)7-12/h4-6H2,1-3H3,(H,13,15,16). The fourth-order valence-electron chi connectivity index (χ4n) is 1.44. The van der Waals surface area contributed by atoms with Crippen molar-refractivity contribution in [3.05, 3.63) is 5.01 Å². The van der Waals surface area contributed by atoms with Crippen LogP contribution in [0.2, 0.25) is 0 Å². The molecule has 0 saturated heterocycles. The summed E-state index contributed by atoms with van der Waals surface area (Å²) in [5.74, 6) is -0.288. The number of carbonyl (C=O) groups is 1. The van der Waals surface area contributed by atoms with Crippen LogP contribution in [0.4, 0.5) is 5.13 Å². The van der Waals surface area contributed by atoms with E-state index in [2.05, 4.69) is 21.6 Å². The van der Waals surface area contributed by atoms with Gasteiger partial charge in [-0.2, -0.15) is 5.26 Å². The van der Waals surface area contributed by atoms with Crippen molar-refractivity contribution in [2.75, 3.05) is 5.32 Å². The van der Waals surface area contributed by atoms with Crippen molar-refractivity contribution >= 4 is 22.4 Å². The first-order chi connectivity index (χ1) is 8.11. The minimum Gasteiger partial charge on any atom is -0.299 e. The van der Waals surface area contributed by atoms with E-state index in [9.17, 15) is 4.79 Å². The molecule has 1 rings (SSSR count). The molecule has 6 heteroatoms. The number of nitriles is 1. The maximum atomic E-state index is 12.0. The summed E-state index contributed by atoms with van der Waals surface area (Å²) >= 11 is 1.35. The van der Waals surface area contributed by atoms with Gasteiger partial charge in [0, 0.05) is 0 Å². The molecule has 92 valence electrons. The number of hydrogen-bond donors (Lipinski definition) is 1. The van der Waals surface area contributed by atoms with Crippen molar-refractivity contribution in [2.24, 2.45) is 5.41 Å². The second kappa shape index (κ2) is 5.73. The van der Waals surface area contributed by atoms with Gasteiger partial charge in [0.05, 0.1) is 6.07 Å². The van der Waals surface area contributed by atoms with Gasteiger partial charge in [0.15, 0.2) is 0 Å². The van der Waals surface area contributed by atoms with E-state index in [1.807, 2.05) is 20.8 Å². The van der Waals surface area contributed by atoms with Crippen molar-refractivity contribution < 1.29 is 4.79 Å². The van der Waals surface area contributed by atoms with Gasteiger partial charge < -0.3 is 0 Å². The second-order valence-corrected chi connectivity index (χ2v) is 4.77. The Morgan fingerprint density at radius 1 is 1.41 bits per heavy atom. The van der Waals surface area contributed by atoms with Gasteiger partial charge in [0.25, 0.3) is 0 Å². The molecule has 0 aliphatic carbocycles. The molecule has 0 bridgehead atoms. The molecule has 0 saturated carbocycles. The number of amides is 1. The van der Waals surface area contributed by atoms with Crippen molar-refractivity contribution in [3.63, 3.8) is 0 Å². The molecule has 1 amide bonds. The van der Waals surface area contributed by atoms with Gasteiger partial charge in [-0.05, 0) is 19.3 Å². The largest absolute Gasteiger partial charge is 0.299 e. The third-order valence-corrected chi connectivity index (χ3v) is 3.83. The van der Waals surface area contributed by atoms with Gasteiger partial charge in [-0.15, -0.1) is 10.2 Å². The van der Waals surface area contributed by atoms with Crippen molar-refractivity contribution in [1.29, 1.82) is 5.26 Å². The fraction of sp³-hybridized carbons (Fsp3) is 0.636. The van der Waals surface area contributed by atoms with Crippen molar-refractivity contribution in [2.45, 2.75) is 40.0 Å². The lowest BCUT2D eigenvalue weighted by Crippen LogP contribution is -2.33. The predicted octanol–water partition coefficient (Wildman–Crippen LogP) is 2.37. The molecule has 1 N–H and O–H groups in total. The molecule has 0 spiro atoms. The Labute approximate surface area is 105 Å². The monoisotopic (exact) mass is 252 g/mol. The zero-order valence-corrected chi connectivity index (χ0v) is 11.1. The lowest BCUT2D eigenvalue weighted by atomic mass is 9.83. The Morgan fingerprint density at radius 3 is 2.47 bits per heavy atom. The van der Waals surface area contributed by atoms with E-state index >= 15 is 0 Å². The van der Waals surface area contributed by atoms with Gasteiger partial charge in [-0.25, -0.2) is 0 Å². The van der Waals surface area contributed by atoms with E-state index in [1.165, 1.54) is 11.3 Å². The molecule has 0 unspecified atom stereocenters. The molecule has 17 heavy (non-hydrogen) atoms. The maximum Gasteiger partial charge on any atom is 0.246 e. The molecule has 0 fully saturated rings. The van der Waals surface area contributed by atoms with E-state index in [4.69, 9.17) is 5.26 Å². The average Bonchev–Trinajstić information content (AvgIpc) is 2.80. The summed E-state index contributed by atoms with van der Waals surface area (Å²) in [6.45, 7) is 5.65. The summed E-state index contributed by atoms with van der Waals surface area (Å²) in [6.07, 6.45) is 1.77. The fourth-order valence-corrected chi connectivity index (χ4v) is 2.12.